The van der Waals surface area contributed by atoms with Crippen LogP contribution in [0.1, 0.15) is 50.8 Å². The van der Waals surface area contributed by atoms with E-state index in [2.05, 4.69) is 83.4 Å². The Morgan fingerprint density at radius 2 is 1.70 bits per heavy atom. The van der Waals surface area contributed by atoms with Gasteiger partial charge >= 0.3 is 0 Å². The van der Waals surface area contributed by atoms with Crippen LogP contribution in [-0.4, -0.2) is 39.4 Å². The fourth-order valence-electron chi connectivity index (χ4n) is 5.11. The van der Waals surface area contributed by atoms with Gasteiger partial charge in [0.2, 0.25) is 0 Å². The number of phenols is 1. The molecule has 0 radical (unpaired) electrons. The van der Waals surface area contributed by atoms with Gasteiger partial charge in [-0.3, -0.25) is 9.36 Å². The highest BCUT2D eigenvalue weighted by Gasteiger charge is 2.25. The van der Waals surface area contributed by atoms with Crippen LogP contribution in [0.15, 0.2) is 102 Å². The smallest absolute Gasteiger partial charge is 0.255 e. The number of aromatic nitrogens is 3. The number of nitrogens with one attached hydrogen (secondary N) is 1. The van der Waals surface area contributed by atoms with E-state index in [4.69, 9.17) is 9.84 Å². The van der Waals surface area contributed by atoms with Crippen LogP contribution >= 0.6 is 11.8 Å². The van der Waals surface area contributed by atoms with Crippen LogP contribution in [0.25, 0.3) is 5.69 Å². The van der Waals surface area contributed by atoms with Gasteiger partial charge in [0.05, 0.1) is 12.7 Å². The van der Waals surface area contributed by atoms with Crippen molar-refractivity contribution in [3.63, 3.8) is 0 Å². The lowest BCUT2D eigenvalue weighted by atomic mass is 9.94. The zero-order valence-electron chi connectivity index (χ0n) is 24.7. The Balaban J connectivity index is 1.48. The molecule has 0 saturated heterocycles. The highest BCUT2D eigenvalue weighted by molar-refractivity contribution is 7.98. The van der Waals surface area contributed by atoms with Crippen molar-refractivity contribution in [1.29, 1.82) is 0 Å². The third-order valence-corrected chi connectivity index (χ3v) is 8.35. The fourth-order valence-corrected chi connectivity index (χ4v) is 6.01. The summed E-state index contributed by atoms with van der Waals surface area (Å²) in [4.78, 5) is 12.9. The molecule has 220 valence electrons. The first kappa shape index (κ1) is 29.9. The van der Waals surface area contributed by atoms with Crippen LogP contribution < -0.4 is 10.1 Å². The second-order valence-electron chi connectivity index (χ2n) is 10.6. The molecule has 0 bridgehead atoms. The molecule has 0 spiro atoms. The Kier molecular flexibility index (Phi) is 9.79. The van der Waals surface area contributed by atoms with Crippen LogP contribution in [-0.2, 0) is 12.2 Å². The van der Waals surface area contributed by atoms with Gasteiger partial charge in [-0.2, -0.15) is 0 Å². The summed E-state index contributed by atoms with van der Waals surface area (Å²) in [5.41, 5.74) is 5.91. The Hall–Kier alpha value is -4.56. The molecule has 0 saturated carbocycles. The number of benzene rings is 4. The van der Waals surface area contributed by atoms with E-state index < -0.39 is 0 Å². The normalized spacial score (nSPS) is 11.7. The lowest BCUT2D eigenvalue weighted by Crippen LogP contribution is -2.26. The molecule has 1 unspecified atom stereocenters. The SMILES string of the molecule is COc1ccccc1CC(CCNC(=O)c1ccccc1O)c1nnc(SCc2cccc(C)c2)n1-c1ccc(C)cc1. The number of aromatic hydroxyl groups is 1. The number of aryl methyl sites for hydroxylation is 2. The van der Waals surface area contributed by atoms with Crippen molar-refractivity contribution in [2.75, 3.05) is 13.7 Å². The zero-order valence-corrected chi connectivity index (χ0v) is 25.5. The summed E-state index contributed by atoms with van der Waals surface area (Å²) in [6, 6.07) is 31.4. The molecule has 0 aliphatic heterocycles. The molecule has 2 N–H and O–H groups in total. The molecule has 5 rings (SSSR count). The van der Waals surface area contributed by atoms with E-state index in [1.807, 2.05) is 18.2 Å². The standard InChI is InChI=1S/C35H36N4O3S/c1-24-15-17-29(18-16-24)39-33(37-38-35(39)43-23-26-10-8-9-25(2)21-26)28(22-27-11-4-7-14-32(27)42-3)19-20-36-34(41)30-12-5-6-13-31(30)40/h4-18,21,28,40H,19-20,22-23H2,1-3H3,(H,36,41). The lowest BCUT2D eigenvalue weighted by molar-refractivity contribution is 0.0949. The maximum absolute atomic E-state index is 12.9. The van der Waals surface area contributed by atoms with E-state index in [9.17, 15) is 9.90 Å². The topological polar surface area (TPSA) is 89.3 Å². The molecule has 0 aliphatic carbocycles. The first-order valence-corrected chi connectivity index (χ1v) is 15.3. The van der Waals surface area contributed by atoms with E-state index in [0.717, 1.165) is 33.7 Å². The van der Waals surface area contributed by atoms with Gasteiger partial charge in [0.15, 0.2) is 5.16 Å². The first-order valence-electron chi connectivity index (χ1n) is 14.3. The summed E-state index contributed by atoms with van der Waals surface area (Å²) in [5.74, 6) is 1.94. The van der Waals surface area contributed by atoms with Crippen molar-refractivity contribution < 1.29 is 14.6 Å². The molecule has 0 fully saturated rings. The number of nitrogens with zero attached hydrogens (tertiary/aromatic N) is 3. The second kappa shape index (κ2) is 14.1. The van der Waals surface area contributed by atoms with Crippen LogP contribution in [0.3, 0.4) is 0 Å². The molecule has 1 amide bonds. The van der Waals surface area contributed by atoms with Gasteiger partial charge < -0.3 is 15.2 Å². The van der Waals surface area contributed by atoms with Crippen molar-refractivity contribution in [2.45, 2.75) is 43.5 Å². The van der Waals surface area contributed by atoms with Crippen molar-refractivity contribution in [3.05, 3.63) is 131 Å². The Bertz CT molecular complexity index is 1680. The van der Waals surface area contributed by atoms with E-state index in [0.29, 0.717) is 19.4 Å². The Morgan fingerprint density at radius 3 is 2.47 bits per heavy atom. The Morgan fingerprint density at radius 1 is 0.930 bits per heavy atom. The molecular formula is C35H36N4O3S. The van der Waals surface area contributed by atoms with Crippen molar-refractivity contribution in [1.82, 2.24) is 20.1 Å². The van der Waals surface area contributed by atoms with Crippen molar-refractivity contribution in [2.24, 2.45) is 0 Å². The molecular weight excluding hydrogens is 556 g/mol. The number of phenolic OH excluding ortho intramolecular Hbond substituents is 1. The lowest BCUT2D eigenvalue weighted by Gasteiger charge is -2.20. The highest BCUT2D eigenvalue weighted by Crippen LogP contribution is 2.33. The summed E-state index contributed by atoms with van der Waals surface area (Å²) in [6.45, 7) is 4.56. The summed E-state index contributed by atoms with van der Waals surface area (Å²) >= 11 is 1.65. The maximum atomic E-state index is 12.9. The number of carbonyl (C=O) groups is 1. The number of para-hydroxylation sites is 2. The summed E-state index contributed by atoms with van der Waals surface area (Å²) in [6.07, 6.45) is 1.24. The number of hydrogen-bond donors (Lipinski definition) is 2. The second-order valence-corrected chi connectivity index (χ2v) is 11.5. The quantitative estimate of drug-likeness (QED) is 0.151. The number of rotatable bonds is 12. The number of carbonyl (C=O) groups excluding carboxylic acids is 1. The van der Waals surface area contributed by atoms with E-state index in [1.54, 1.807) is 37.1 Å². The predicted molar refractivity (Wildman–Crippen MR) is 171 cm³/mol. The minimum Gasteiger partial charge on any atom is -0.507 e. The minimum absolute atomic E-state index is 0.0417. The molecule has 43 heavy (non-hydrogen) atoms. The van der Waals surface area contributed by atoms with Gasteiger partial charge in [-0.05, 0) is 68.1 Å². The number of thioether (sulfide) groups is 1. The van der Waals surface area contributed by atoms with Crippen molar-refractivity contribution in [3.8, 4) is 17.2 Å². The first-order chi connectivity index (χ1) is 20.9. The highest BCUT2D eigenvalue weighted by atomic mass is 32.2. The molecule has 0 aliphatic rings. The van der Waals surface area contributed by atoms with E-state index in [1.165, 1.54) is 22.8 Å². The maximum Gasteiger partial charge on any atom is 0.255 e. The van der Waals surface area contributed by atoms with Gasteiger partial charge in [0.1, 0.15) is 17.3 Å². The number of methoxy groups -OCH3 is 1. The molecule has 4 aromatic carbocycles. The molecule has 1 heterocycles. The van der Waals surface area contributed by atoms with Gasteiger partial charge in [-0.15, -0.1) is 10.2 Å². The van der Waals surface area contributed by atoms with Gasteiger partial charge in [-0.1, -0.05) is 89.6 Å². The molecule has 1 atom stereocenters. The fraction of sp³-hybridized carbons (Fsp3) is 0.229. The average Bonchev–Trinajstić information content (AvgIpc) is 3.44. The molecule has 1 aromatic heterocycles. The number of ether oxygens (including phenoxy) is 1. The van der Waals surface area contributed by atoms with Crippen LogP contribution in [0.5, 0.6) is 11.5 Å². The van der Waals surface area contributed by atoms with Gasteiger partial charge in [-0.25, -0.2) is 0 Å². The average molecular weight is 593 g/mol. The largest absolute Gasteiger partial charge is 0.507 e. The Labute approximate surface area is 257 Å². The van der Waals surface area contributed by atoms with Gasteiger partial charge in [0, 0.05) is 23.9 Å². The zero-order chi connectivity index (χ0) is 30.2. The number of amides is 1. The van der Waals surface area contributed by atoms with E-state index in [-0.39, 0.29) is 23.1 Å². The van der Waals surface area contributed by atoms with Crippen LogP contribution in [0.4, 0.5) is 0 Å². The van der Waals surface area contributed by atoms with Crippen LogP contribution in [0.2, 0.25) is 0 Å². The monoisotopic (exact) mass is 592 g/mol. The summed E-state index contributed by atoms with van der Waals surface area (Å²) in [7, 11) is 1.68. The minimum atomic E-state index is -0.316. The predicted octanol–water partition coefficient (Wildman–Crippen LogP) is 7.04. The van der Waals surface area contributed by atoms with Gasteiger partial charge in [0.25, 0.3) is 5.91 Å². The molecule has 8 heteroatoms. The van der Waals surface area contributed by atoms with E-state index >= 15 is 0 Å². The number of hydrogen-bond acceptors (Lipinski definition) is 6. The van der Waals surface area contributed by atoms with Crippen molar-refractivity contribution >= 4 is 17.7 Å². The molecule has 5 aromatic rings. The molecule has 7 nitrogen and oxygen atoms in total. The third-order valence-electron chi connectivity index (χ3n) is 7.35. The summed E-state index contributed by atoms with van der Waals surface area (Å²) < 4.78 is 7.83. The summed E-state index contributed by atoms with van der Waals surface area (Å²) in [5, 5.41) is 23.4. The van der Waals surface area contributed by atoms with Crippen LogP contribution in [0, 0.1) is 13.8 Å². The third kappa shape index (κ3) is 7.45.